The fourth-order valence-corrected chi connectivity index (χ4v) is 7.75. The molecule has 0 fully saturated rings. The van der Waals surface area contributed by atoms with E-state index < -0.39 is 106 Å². The van der Waals surface area contributed by atoms with E-state index in [-0.39, 0.29) is 28.1 Å². The average molecular weight is 866 g/mol. The van der Waals surface area contributed by atoms with Gasteiger partial charge in [-0.25, -0.2) is 0 Å². The number of nitrogens with one attached hydrogen (secondary N) is 2. The lowest BCUT2D eigenvalue weighted by Gasteiger charge is -2.38. The second kappa shape index (κ2) is 17.4. The number of aliphatic hydroxyl groups is 2. The highest BCUT2D eigenvalue weighted by molar-refractivity contribution is 9.10. The predicted octanol–water partition coefficient (Wildman–Crippen LogP) is 5.83. The maximum absolute atomic E-state index is 14.6. The van der Waals surface area contributed by atoms with Crippen molar-refractivity contribution in [2.24, 2.45) is 23.7 Å². The zero-order valence-electron chi connectivity index (χ0n) is 33.7. The van der Waals surface area contributed by atoms with E-state index in [9.17, 15) is 39.3 Å². The first-order valence-corrected chi connectivity index (χ1v) is 19.6. The number of fused-ring (bicyclic) bond motifs is 14. The standard InChI is InChI=1S/C43H49BrN2O12/c1-19-11-10-12-20(2)42(54)46-33-32(45-27-15-13-26(44)14-16-27)37(51)29-30(38(33)52)36(50)24(6)40-31(29)41(53)43(8,58-40)56-18-17-28(55-9)21(3)39(57-25(7)47)23(5)35(49)22(4)34(19)48/h10-19,21-23,28,34-35,39,45,48-50H,1-9H3,(H,46,54)/b11-10+,18-17+,20-12-/t19-,21+,22+,23-,28-,34-,35-,39+,43-/m0/s1. The summed E-state index contributed by atoms with van der Waals surface area (Å²) in [7, 11) is 1.42. The minimum Gasteiger partial charge on any atom is -0.507 e. The zero-order valence-corrected chi connectivity index (χ0v) is 35.3. The van der Waals surface area contributed by atoms with Crippen molar-refractivity contribution < 1.29 is 58.2 Å². The Morgan fingerprint density at radius 3 is 2.19 bits per heavy atom. The summed E-state index contributed by atoms with van der Waals surface area (Å²) in [5.74, 6) is -9.47. The molecule has 3 aliphatic heterocycles. The van der Waals surface area contributed by atoms with E-state index in [1.54, 1.807) is 64.1 Å². The molecule has 6 rings (SSSR count). The Bertz CT molecular complexity index is 2140. The summed E-state index contributed by atoms with van der Waals surface area (Å²) < 4.78 is 24.2. The monoisotopic (exact) mass is 864 g/mol. The van der Waals surface area contributed by atoms with E-state index in [1.165, 1.54) is 47.0 Å². The largest absolute Gasteiger partial charge is 0.507 e. The third-order valence-electron chi connectivity index (χ3n) is 11.1. The van der Waals surface area contributed by atoms with Gasteiger partial charge in [-0.05, 0) is 44.2 Å². The van der Waals surface area contributed by atoms with Crippen molar-refractivity contribution in [3.63, 3.8) is 0 Å². The fourth-order valence-electron chi connectivity index (χ4n) is 7.49. The minimum absolute atomic E-state index is 0.0213. The first-order valence-electron chi connectivity index (χ1n) is 18.8. The van der Waals surface area contributed by atoms with E-state index in [0.717, 1.165) is 10.7 Å². The molecule has 15 heteroatoms. The number of benzene rings is 2. The fraction of sp³-hybridized carbons (Fsp3) is 0.419. The number of aromatic hydroxyl groups is 1. The molecule has 0 spiro atoms. The quantitative estimate of drug-likeness (QED) is 0.230. The molecule has 0 radical (unpaired) electrons. The molecule has 0 saturated heterocycles. The highest BCUT2D eigenvalue weighted by Crippen LogP contribution is 2.48. The van der Waals surface area contributed by atoms with Gasteiger partial charge in [0.1, 0.15) is 29.0 Å². The van der Waals surface area contributed by atoms with E-state index in [1.807, 2.05) is 0 Å². The van der Waals surface area contributed by atoms with Crippen molar-refractivity contribution in [3.8, 4) is 11.5 Å². The Balaban J connectivity index is 1.68. The summed E-state index contributed by atoms with van der Waals surface area (Å²) in [6.45, 7) is 12.3. The minimum atomic E-state index is -2.10. The van der Waals surface area contributed by atoms with Gasteiger partial charge >= 0.3 is 11.8 Å². The number of hydrogen-bond donors (Lipinski definition) is 5. The lowest BCUT2D eigenvalue weighted by atomic mass is 9.78. The molecule has 0 aromatic heterocycles. The smallest absolute Gasteiger partial charge is 0.312 e. The van der Waals surface area contributed by atoms with Gasteiger partial charge in [0.25, 0.3) is 11.7 Å². The number of hydrogen-bond acceptors (Lipinski definition) is 13. The summed E-state index contributed by atoms with van der Waals surface area (Å²) >= 11 is 3.37. The Morgan fingerprint density at radius 2 is 1.57 bits per heavy atom. The molecule has 1 aliphatic carbocycles. The molecule has 0 saturated carbocycles. The molecule has 4 aliphatic rings. The number of carbonyl (C=O) groups is 5. The van der Waals surface area contributed by atoms with Crippen LogP contribution in [0.25, 0.3) is 0 Å². The number of rotatable bonds is 4. The Kier molecular flexibility index (Phi) is 13.2. The summed E-state index contributed by atoms with van der Waals surface area (Å²) in [5.41, 5.74) is -1.60. The number of halogens is 1. The van der Waals surface area contributed by atoms with Gasteiger partial charge in [0, 0.05) is 65.9 Å². The van der Waals surface area contributed by atoms with Crippen LogP contribution in [0, 0.1) is 30.6 Å². The van der Waals surface area contributed by atoms with Crippen LogP contribution in [0.4, 0.5) is 5.69 Å². The van der Waals surface area contributed by atoms with Crippen LogP contribution in [0.5, 0.6) is 11.5 Å². The van der Waals surface area contributed by atoms with Crippen LogP contribution >= 0.6 is 15.9 Å². The number of phenols is 1. The van der Waals surface area contributed by atoms with E-state index in [2.05, 4.69) is 26.6 Å². The molecule has 310 valence electrons. The maximum atomic E-state index is 14.6. The molecule has 1 amide bonds. The van der Waals surface area contributed by atoms with Gasteiger partial charge < -0.3 is 44.9 Å². The molecule has 5 N–H and O–H groups in total. The van der Waals surface area contributed by atoms with Crippen LogP contribution < -0.4 is 15.4 Å². The first-order chi connectivity index (χ1) is 27.2. The van der Waals surface area contributed by atoms with Crippen LogP contribution in [-0.4, -0.2) is 81.9 Å². The molecule has 0 unspecified atom stereocenters. The normalized spacial score (nSPS) is 31.4. The van der Waals surface area contributed by atoms with Crippen molar-refractivity contribution in [2.45, 2.75) is 85.6 Å². The van der Waals surface area contributed by atoms with Gasteiger partial charge in [-0.3, -0.25) is 24.0 Å². The van der Waals surface area contributed by atoms with Crippen LogP contribution in [0.3, 0.4) is 0 Å². The van der Waals surface area contributed by atoms with E-state index in [0.29, 0.717) is 5.69 Å². The molecular formula is C43H49BrN2O12. The summed E-state index contributed by atoms with van der Waals surface area (Å²) in [4.78, 5) is 69.4. The number of ketones is 3. The SMILES string of the molecule is CO[C@H]1/C=C/O[C@@]2(C)Oc3c(C)c(O)c4c(c3C2=O)C(=O)C(Nc2ccc(Br)cc2)=C(NC(=O)/C(C)=C\C=C\[C@H](C)[C@H](O)[C@@H](C)[C@H](O)[C@H](C)[C@H](OC(C)=O)[C@@H]1C)C4=O. The number of aliphatic hydroxyl groups excluding tert-OH is 2. The van der Waals surface area contributed by atoms with Crippen LogP contribution in [0.15, 0.2) is 76.3 Å². The third kappa shape index (κ3) is 8.39. The number of anilines is 1. The van der Waals surface area contributed by atoms with Gasteiger partial charge in [0.2, 0.25) is 11.6 Å². The molecule has 14 nitrogen and oxygen atoms in total. The maximum Gasteiger partial charge on any atom is 0.312 e. The number of methoxy groups -OCH3 is 1. The van der Waals surface area contributed by atoms with Crippen molar-refractivity contribution in [1.82, 2.24) is 5.32 Å². The molecule has 2 aromatic rings. The van der Waals surface area contributed by atoms with Crippen LogP contribution in [0.2, 0.25) is 0 Å². The molecule has 2 aromatic carbocycles. The summed E-state index contributed by atoms with van der Waals surface area (Å²) in [6.07, 6.45) is 3.32. The van der Waals surface area contributed by atoms with E-state index in [4.69, 9.17) is 18.9 Å². The van der Waals surface area contributed by atoms with Crippen molar-refractivity contribution in [2.75, 3.05) is 12.4 Å². The number of carbonyl (C=O) groups excluding carboxylic acids is 5. The van der Waals surface area contributed by atoms with Gasteiger partial charge in [0.15, 0.2) is 0 Å². The number of allylic oxidation sites excluding steroid dienone is 4. The molecule has 9 atom stereocenters. The highest BCUT2D eigenvalue weighted by atomic mass is 79.9. The number of amides is 1. The highest BCUT2D eigenvalue weighted by Gasteiger charge is 2.53. The van der Waals surface area contributed by atoms with Gasteiger partial charge in [-0.1, -0.05) is 61.9 Å². The number of ether oxygens (including phenoxy) is 4. The Hall–Kier alpha value is -5.09. The number of Topliss-reactive ketones (excluding diaryl/α,β-unsaturated/α-hetero) is 3. The first kappa shape index (κ1) is 44.0. The average Bonchev–Trinajstić information content (AvgIpc) is 3.45. The molecule has 58 heavy (non-hydrogen) atoms. The van der Waals surface area contributed by atoms with Gasteiger partial charge in [-0.2, -0.15) is 0 Å². The third-order valence-corrected chi connectivity index (χ3v) is 11.6. The Morgan fingerprint density at radius 1 is 0.914 bits per heavy atom. The van der Waals surface area contributed by atoms with Crippen LogP contribution in [0.1, 0.15) is 85.1 Å². The van der Waals surface area contributed by atoms with Crippen LogP contribution in [-0.2, 0) is 23.8 Å². The van der Waals surface area contributed by atoms with Crippen molar-refractivity contribution in [1.29, 1.82) is 0 Å². The van der Waals surface area contributed by atoms with Crippen molar-refractivity contribution in [3.05, 3.63) is 98.5 Å². The second-order valence-corrected chi connectivity index (χ2v) is 16.1. The number of phenolic OH excluding ortho intramolecular Hbond substituents is 1. The number of esters is 1. The van der Waals surface area contributed by atoms with Crippen molar-refractivity contribution >= 4 is 50.8 Å². The zero-order chi connectivity index (χ0) is 43.0. The molecule has 3 heterocycles. The predicted molar refractivity (Wildman–Crippen MR) is 216 cm³/mol. The lowest BCUT2D eigenvalue weighted by molar-refractivity contribution is -0.160. The summed E-state index contributed by atoms with van der Waals surface area (Å²) in [6, 6.07) is 6.64. The van der Waals surface area contributed by atoms with Gasteiger partial charge in [-0.15, -0.1) is 0 Å². The second-order valence-electron chi connectivity index (χ2n) is 15.2. The lowest BCUT2D eigenvalue weighted by Crippen LogP contribution is -2.46. The topological polar surface area (TPSA) is 207 Å². The Labute approximate surface area is 345 Å². The summed E-state index contributed by atoms with van der Waals surface area (Å²) in [5, 5.41) is 39.8. The van der Waals surface area contributed by atoms with Gasteiger partial charge in [0.05, 0.1) is 41.3 Å². The molecular weight excluding hydrogens is 816 g/mol. The molecule has 5 bridgehead atoms. The van der Waals surface area contributed by atoms with E-state index >= 15 is 0 Å².